The number of carbonyl (C=O) groups is 1. The highest BCUT2D eigenvalue weighted by Crippen LogP contribution is 2.18. The number of rotatable bonds is 2. The molecule has 0 fully saturated rings. The number of alkyl carbamates (subject to hydrolysis) is 1. The van der Waals surface area contributed by atoms with E-state index < -0.39 is 5.60 Å². The van der Waals surface area contributed by atoms with Gasteiger partial charge in [0.05, 0.1) is 2.88 Å². The number of nitrogens with one attached hydrogen (secondary N) is 1. The number of amides is 1. The Morgan fingerprint density at radius 3 is 2.73 bits per heavy atom. The fourth-order valence-electron chi connectivity index (χ4n) is 0.927. The molecule has 1 heterocycles. The lowest BCUT2D eigenvalue weighted by atomic mass is 10.2. The molecule has 0 aromatic carbocycles. The molecule has 1 N–H and O–H groups in total. The van der Waals surface area contributed by atoms with E-state index in [9.17, 15) is 4.79 Å². The number of hydrogen-bond donors (Lipinski definition) is 1. The molecule has 3 nitrogen and oxygen atoms in total. The second-order valence-corrected chi connectivity index (χ2v) is 6.80. The Morgan fingerprint density at radius 1 is 1.60 bits per heavy atom. The van der Waals surface area contributed by atoms with Gasteiger partial charge in [-0.15, -0.1) is 11.3 Å². The molecular formula is C10H14INO2S. The van der Waals surface area contributed by atoms with Crippen molar-refractivity contribution in [3.63, 3.8) is 0 Å². The summed E-state index contributed by atoms with van der Waals surface area (Å²) in [5.41, 5.74) is 0.692. The van der Waals surface area contributed by atoms with Crippen LogP contribution in [-0.2, 0) is 11.3 Å². The first-order valence-electron chi connectivity index (χ1n) is 4.57. The van der Waals surface area contributed by atoms with E-state index in [1.54, 1.807) is 11.3 Å². The van der Waals surface area contributed by atoms with Crippen LogP contribution in [0.25, 0.3) is 0 Å². The van der Waals surface area contributed by atoms with Gasteiger partial charge < -0.3 is 10.1 Å². The lowest BCUT2D eigenvalue weighted by Gasteiger charge is -2.19. The molecule has 0 radical (unpaired) electrons. The van der Waals surface area contributed by atoms with Crippen LogP contribution in [0.15, 0.2) is 11.4 Å². The number of hydrogen-bond acceptors (Lipinski definition) is 3. The summed E-state index contributed by atoms with van der Waals surface area (Å²) in [6.07, 6.45) is -0.371. The highest BCUT2D eigenvalue weighted by Gasteiger charge is 2.15. The van der Waals surface area contributed by atoms with Gasteiger partial charge in [0, 0.05) is 6.54 Å². The van der Waals surface area contributed by atoms with E-state index in [-0.39, 0.29) is 6.09 Å². The smallest absolute Gasteiger partial charge is 0.407 e. The first-order chi connectivity index (χ1) is 6.88. The fraction of sp³-hybridized carbons (Fsp3) is 0.500. The Morgan fingerprint density at radius 2 is 2.27 bits per heavy atom. The van der Waals surface area contributed by atoms with Crippen LogP contribution in [0.5, 0.6) is 0 Å². The van der Waals surface area contributed by atoms with Crippen molar-refractivity contribution < 1.29 is 9.53 Å². The lowest BCUT2D eigenvalue weighted by molar-refractivity contribution is 0.0523. The molecule has 5 heteroatoms. The van der Waals surface area contributed by atoms with Crippen molar-refractivity contribution in [2.45, 2.75) is 32.9 Å². The fourth-order valence-corrected chi connectivity index (χ4v) is 2.38. The van der Waals surface area contributed by atoms with Crippen LogP contribution >= 0.6 is 33.9 Å². The topological polar surface area (TPSA) is 38.3 Å². The summed E-state index contributed by atoms with van der Waals surface area (Å²) in [6, 6.07) is 2.00. The molecule has 0 aliphatic heterocycles. The van der Waals surface area contributed by atoms with Crippen LogP contribution in [0.4, 0.5) is 4.79 Å². The minimum atomic E-state index is -0.439. The second kappa shape index (κ2) is 5.16. The third-order valence-electron chi connectivity index (χ3n) is 1.52. The molecule has 0 aliphatic rings. The van der Waals surface area contributed by atoms with Gasteiger partial charge in [-0.1, -0.05) is 0 Å². The van der Waals surface area contributed by atoms with Crippen molar-refractivity contribution in [1.82, 2.24) is 5.32 Å². The molecule has 1 aromatic rings. The van der Waals surface area contributed by atoms with Crippen LogP contribution in [0.3, 0.4) is 0 Å². The molecular weight excluding hydrogens is 325 g/mol. The summed E-state index contributed by atoms with van der Waals surface area (Å²) >= 11 is 3.92. The van der Waals surface area contributed by atoms with Crippen molar-refractivity contribution >= 4 is 40.0 Å². The predicted octanol–water partition coefficient (Wildman–Crippen LogP) is 3.38. The minimum absolute atomic E-state index is 0.371. The molecule has 0 saturated carbocycles. The average Bonchev–Trinajstić information content (AvgIpc) is 2.44. The molecule has 0 bridgehead atoms. The van der Waals surface area contributed by atoms with Gasteiger partial charge in [0.25, 0.3) is 0 Å². The van der Waals surface area contributed by atoms with Crippen molar-refractivity contribution in [2.24, 2.45) is 0 Å². The standard InChI is InChI=1S/C10H14INO2S/c1-10(2,3)14-9(13)12-6-7-4-5-15-8(7)11/h4-5H,6H2,1-3H3,(H,12,13). The molecule has 84 valence electrons. The summed E-state index contributed by atoms with van der Waals surface area (Å²) in [6.45, 7) is 6.07. The van der Waals surface area contributed by atoms with Crippen LogP contribution in [0, 0.1) is 2.88 Å². The van der Waals surface area contributed by atoms with Gasteiger partial charge in [-0.25, -0.2) is 4.79 Å². The number of carbonyl (C=O) groups excluding carboxylic acids is 1. The van der Waals surface area contributed by atoms with E-state index in [1.165, 1.54) is 2.88 Å². The van der Waals surface area contributed by atoms with Crippen molar-refractivity contribution in [3.05, 3.63) is 19.9 Å². The van der Waals surface area contributed by atoms with Gasteiger partial charge in [-0.3, -0.25) is 0 Å². The highest BCUT2D eigenvalue weighted by molar-refractivity contribution is 14.1. The SMILES string of the molecule is CC(C)(C)OC(=O)NCc1ccsc1I. The lowest BCUT2D eigenvalue weighted by Crippen LogP contribution is -2.32. The first-order valence-corrected chi connectivity index (χ1v) is 6.53. The molecule has 1 aromatic heterocycles. The average molecular weight is 339 g/mol. The summed E-state index contributed by atoms with van der Waals surface area (Å²) in [7, 11) is 0. The summed E-state index contributed by atoms with van der Waals surface area (Å²) in [5.74, 6) is 0. The van der Waals surface area contributed by atoms with Gasteiger partial charge >= 0.3 is 6.09 Å². The zero-order chi connectivity index (χ0) is 11.5. The van der Waals surface area contributed by atoms with Crippen LogP contribution in [0.1, 0.15) is 26.3 Å². The third kappa shape index (κ3) is 4.83. The summed E-state index contributed by atoms with van der Waals surface area (Å²) in [4.78, 5) is 11.3. The monoisotopic (exact) mass is 339 g/mol. The van der Waals surface area contributed by atoms with E-state index >= 15 is 0 Å². The normalized spacial score (nSPS) is 11.2. The molecule has 1 amide bonds. The predicted molar refractivity (Wildman–Crippen MR) is 70.1 cm³/mol. The molecule has 0 atom stereocenters. The maximum absolute atomic E-state index is 11.3. The van der Waals surface area contributed by atoms with Crippen LogP contribution in [0.2, 0.25) is 0 Å². The van der Waals surface area contributed by atoms with Gasteiger partial charge in [-0.05, 0) is 60.4 Å². The van der Waals surface area contributed by atoms with Crippen molar-refractivity contribution in [2.75, 3.05) is 0 Å². The quantitative estimate of drug-likeness (QED) is 0.839. The zero-order valence-corrected chi connectivity index (χ0v) is 11.9. The Hall–Kier alpha value is -0.300. The molecule has 0 aliphatic carbocycles. The molecule has 0 saturated heterocycles. The largest absolute Gasteiger partial charge is 0.444 e. The van der Waals surface area contributed by atoms with Gasteiger partial charge in [0.1, 0.15) is 5.60 Å². The Bertz CT molecular complexity index is 343. The number of halogens is 1. The van der Waals surface area contributed by atoms with Crippen molar-refractivity contribution in [3.8, 4) is 0 Å². The summed E-state index contributed by atoms with van der Waals surface area (Å²) in [5, 5.41) is 4.73. The number of thiophene rings is 1. The van der Waals surface area contributed by atoms with Crippen molar-refractivity contribution in [1.29, 1.82) is 0 Å². The van der Waals surface area contributed by atoms with E-state index in [2.05, 4.69) is 27.9 Å². The van der Waals surface area contributed by atoms with E-state index in [0.717, 1.165) is 5.56 Å². The zero-order valence-electron chi connectivity index (χ0n) is 8.96. The van der Waals surface area contributed by atoms with E-state index in [1.807, 2.05) is 32.2 Å². The van der Waals surface area contributed by atoms with E-state index in [0.29, 0.717) is 6.54 Å². The van der Waals surface area contributed by atoms with Gasteiger partial charge in [0.2, 0.25) is 0 Å². The maximum Gasteiger partial charge on any atom is 0.407 e. The first kappa shape index (κ1) is 12.8. The number of ether oxygens (including phenoxy) is 1. The van der Waals surface area contributed by atoms with Crippen LogP contribution in [-0.4, -0.2) is 11.7 Å². The maximum atomic E-state index is 11.3. The molecule has 15 heavy (non-hydrogen) atoms. The Labute approximate surface area is 107 Å². The highest BCUT2D eigenvalue weighted by atomic mass is 127. The molecule has 1 rings (SSSR count). The third-order valence-corrected chi connectivity index (χ3v) is 3.71. The second-order valence-electron chi connectivity index (χ2n) is 4.07. The Balaban J connectivity index is 2.38. The molecule has 0 unspecified atom stereocenters. The minimum Gasteiger partial charge on any atom is -0.444 e. The van der Waals surface area contributed by atoms with E-state index in [4.69, 9.17) is 4.74 Å². The van der Waals surface area contributed by atoms with Gasteiger partial charge in [-0.2, -0.15) is 0 Å². The summed E-state index contributed by atoms with van der Waals surface area (Å²) < 4.78 is 6.32. The Kier molecular flexibility index (Phi) is 4.39. The van der Waals surface area contributed by atoms with Crippen LogP contribution < -0.4 is 5.32 Å². The molecule has 0 spiro atoms. The van der Waals surface area contributed by atoms with Gasteiger partial charge in [0.15, 0.2) is 0 Å².